The van der Waals surface area contributed by atoms with Crippen LogP contribution in [0.3, 0.4) is 0 Å². The summed E-state index contributed by atoms with van der Waals surface area (Å²) < 4.78 is 5.25. The minimum absolute atomic E-state index is 0.488. The summed E-state index contributed by atoms with van der Waals surface area (Å²) in [4.78, 5) is 11.5. The SMILES string of the molecule is CCCCCCCCCCCC(O)[C@]1(C(N)=O)O[C@H]1[C@H](C)O. The highest BCUT2D eigenvalue weighted by molar-refractivity contribution is 5.88. The van der Waals surface area contributed by atoms with Crippen molar-refractivity contribution in [3.63, 3.8) is 0 Å². The van der Waals surface area contributed by atoms with Crippen molar-refractivity contribution in [2.24, 2.45) is 5.73 Å². The molecule has 0 aromatic heterocycles. The molecule has 0 aliphatic carbocycles. The molecule has 1 heterocycles. The van der Waals surface area contributed by atoms with Gasteiger partial charge in [-0.3, -0.25) is 4.79 Å². The van der Waals surface area contributed by atoms with E-state index in [4.69, 9.17) is 10.5 Å². The van der Waals surface area contributed by atoms with E-state index in [9.17, 15) is 15.0 Å². The van der Waals surface area contributed by atoms with Crippen molar-refractivity contribution in [3.05, 3.63) is 0 Å². The molecule has 0 aromatic rings. The van der Waals surface area contributed by atoms with E-state index < -0.39 is 29.8 Å². The van der Waals surface area contributed by atoms with E-state index >= 15 is 0 Å². The van der Waals surface area contributed by atoms with Crippen LogP contribution >= 0.6 is 0 Å². The minimum Gasteiger partial charge on any atom is -0.391 e. The average Bonchev–Trinajstić information content (AvgIpc) is 3.22. The Kier molecular flexibility index (Phi) is 8.36. The number of amides is 1. The molecule has 130 valence electrons. The number of hydrogen-bond acceptors (Lipinski definition) is 4. The largest absolute Gasteiger partial charge is 0.391 e. The molecule has 0 spiro atoms. The molecule has 1 unspecified atom stereocenters. The third kappa shape index (κ3) is 5.21. The van der Waals surface area contributed by atoms with Crippen LogP contribution in [0, 0.1) is 0 Å². The molecule has 1 rings (SSSR count). The first-order valence-electron chi connectivity index (χ1n) is 8.80. The van der Waals surface area contributed by atoms with Gasteiger partial charge in [0, 0.05) is 0 Å². The van der Waals surface area contributed by atoms with Crippen molar-refractivity contribution in [3.8, 4) is 0 Å². The molecule has 1 amide bonds. The fraction of sp³-hybridized carbons (Fsp3) is 0.941. The summed E-state index contributed by atoms with van der Waals surface area (Å²) in [5.74, 6) is -0.679. The van der Waals surface area contributed by atoms with Gasteiger partial charge in [0.1, 0.15) is 6.10 Å². The summed E-state index contributed by atoms with van der Waals surface area (Å²) in [5, 5.41) is 19.7. The van der Waals surface area contributed by atoms with Gasteiger partial charge in [-0.15, -0.1) is 0 Å². The summed E-state index contributed by atoms with van der Waals surface area (Å²) in [6, 6.07) is 0. The third-order valence-electron chi connectivity index (χ3n) is 4.59. The van der Waals surface area contributed by atoms with Crippen molar-refractivity contribution in [2.75, 3.05) is 0 Å². The number of aliphatic hydroxyl groups is 2. The lowest BCUT2D eigenvalue weighted by atomic mass is 9.91. The van der Waals surface area contributed by atoms with Crippen molar-refractivity contribution < 1.29 is 19.7 Å². The predicted octanol–water partition coefficient (Wildman–Crippen LogP) is 2.27. The highest BCUT2D eigenvalue weighted by Gasteiger charge is 2.67. The fourth-order valence-electron chi connectivity index (χ4n) is 3.13. The first-order valence-corrected chi connectivity index (χ1v) is 8.80. The molecule has 22 heavy (non-hydrogen) atoms. The smallest absolute Gasteiger partial charge is 0.255 e. The zero-order chi connectivity index (χ0) is 16.6. The van der Waals surface area contributed by atoms with Crippen LogP contribution in [-0.4, -0.2) is 40.0 Å². The lowest BCUT2D eigenvalue weighted by Gasteiger charge is -2.17. The standard InChI is InChI=1S/C17H33NO4/c1-3-4-5-6-7-8-9-10-11-12-14(20)17(16(18)21)15(22-17)13(2)19/h13-15,19-20H,3-12H2,1-2H3,(H2,18,21)/t13-,14?,15-,17-/m0/s1. The van der Waals surface area contributed by atoms with Crippen LogP contribution in [0.25, 0.3) is 0 Å². The van der Waals surface area contributed by atoms with Crippen LogP contribution in [-0.2, 0) is 9.53 Å². The van der Waals surface area contributed by atoms with Gasteiger partial charge in [-0.2, -0.15) is 0 Å². The monoisotopic (exact) mass is 315 g/mol. The quantitative estimate of drug-likeness (QED) is 0.359. The van der Waals surface area contributed by atoms with E-state index in [0.29, 0.717) is 6.42 Å². The highest BCUT2D eigenvalue weighted by atomic mass is 16.6. The van der Waals surface area contributed by atoms with Crippen molar-refractivity contribution in [1.29, 1.82) is 0 Å². The van der Waals surface area contributed by atoms with Crippen molar-refractivity contribution in [2.45, 2.75) is 102 Å². The van der Waals surface area contributed by atoms with Gasteiger partial charge in [-0.25, -0.2) is 0 Å². The molecule has 0 bridgehead atoms. The molecule has 1 aliphatic heterocycles. The number of aliphatic hydroxyl groups excluding tert-OH is 2. The Hall–Kier alpha value is -0.650. The topological polar surface area (TPSA) is 96.1 Å². The number of rotatable bonds is 13. The average molecular weight is 315 g/mol. The van der Waals surface area contributed by atoms with Crippen LogP contribution in [0.1, 0.15) is 78.1 Å². The minimum atomic E-state index is -1.37. The Bertz CT molecular complexity index is 335. The van der Waals surface area contributed by atoms with E-state index in [0.717, 1.165) is 19.3 Å². The van der Waals surface area contributed by atoms with Crippen LogP contribution in [0.4, 0.5) is 0 Å². The Morgan fingerprint density at radius 1 is 1.09 bits per heavy atom. The zero-order valence-electron chi connectivity index (χ0n) is 14.1. The fourth-order valence-corrected chi connectivity index (χ4v) is 3.13. The van der Waals surface area contributed by atoms with Gasteiger partial charge in [-0.05, 0) is 13.3 Å². The second-order valence-electron chi connectivity index (χ2n) is 6.57. The molecule has 5 nitrogen and oxygen atoms in total. The Morgan fingerprint density at radius 3 is 2.00 bits per heavy atom. The van der Waals surface area contributed by atoms with Gasteiger partial charge in [0.25, 0.3) is 5.91 Å². The number of hydrogen-bond donors (Lipinski definition) is 3. The molecule has 0 radical (unpaired) electrons. The number of unbranched alkanes of at least 4 members (excludes halogenated alkanes) is 8. The van der Waals surface area contributed by atoms with Gasteiger partial charge in [0.15, 0.2) is 0 Å². The van der Waals surface area contributed by atoms with E-state index in [1.807, 2.05) is 0 Å². The van der Waals surface area contributed by atoms with E-state index in [-0.39, 0.29) is 0 Å². The molecule has 1 fully saturated rings. The second-order valence-corrected chi connectivity index (χ2v) is 6.57. The number of nitrogens with two attached hydrogens (primary N) is 1. The lowest BCUT2D eigenvalue weighted by Crippen LogP contribution is -2.46. The van der Waals surface area contributed by atoms with E-state index in [1.165, 1.54) is 38.5 Å². The van der Waals surface area contributed by atoms with Gasteiger partial charge in [-0.1, -0.05) is 64.7 Å². The summed E-state index contributed by atoms with van der Waals surface area (Å²) >= 11 is 0. The van der Waals surface area contributed by atoms with Crippen LogP contribution in [0.5, 0.6) is 0 Å². The number of ether oxygens (including phenoxy) is 1. The molecule has 0 saturated carbocycles. The summed E-state index contributed by atoms with van der Waals surface area (Å²) in [5.41, 5.74) is 3.97. The molecule has 5 heteroatoms. The molecule has 1 saturated heterocycles. The molecule has 4 atom stereocenters. The normalized spacial score (nSPS) is 26.6. The third-order valence-corrected chi connectivity index (χ3v) is 4.59. The van der Waals surface area contributed by atoms with Gasteiger partial charge < -0.3 is 20.7 Å². The molecule has 1 aliphatic rings. The first kappa shape index (κ1) is 19.4. The van der Waals surface area contributed by atoms with Gasteiger partial charge >= 0.3 is 0 Å². The molecular weight excluding hydrogens is 282 g/mol. The highest BCUT2D eigenvalue weighted by Crippen LogP contribution is 2.43. The Balaban J connectivity index is 2.13. The Labute approximate surface area is 134 Å². The predicted molar refractivity (Wildman–Crippen MR) is 86.3 cm³/mol. The summed E-state index contributed by atoms with van der Waals surface area (Å²) in [6.07, 6.45) is 8.89. The first-order chi connectivity index (χ1) is 10.5. The number of carbonyl (C=O) groups excluding carboxylic acids is 1. The van der Waals surface area contributed by atoms with Crippen LogP contribution < -0.4 is 5.73 Å². The van der Waals surface area contributed by atoms with Crippen LogP contribution in [0.2, 0.25) is 0 Å². The van der Waals surface area contributed by atoms with E-state index in [1.54, 1.807) is 6.92 Å². The van der Waals surface area contributed by atoms with Gasteiger partial charge in [0.2, 0.25) is 5.60 Å². The number of primary amides is 1. The summed E-state index contributed by atoms with van der Waals surface area (Å²) in [7, 11) is 0. The molecule has 0 aromatic carbocycles. The number of epoxide rings is 1. The molecular formula is C17H33NO4. The van der Waals surface area contributed by atoms with Crippen LogP contribution in [0.15, 0.2) is 0 Å². The Morgan fingerprint density at radius 2 is 1.59 bits per heavy atom. The van der Waals surface area contributed by atoms with E-state index in [2.05, 4.69) is 6.92 Å². The number of carbonyl (C=O) groups is 1. The maximum absolute atomic E-state index is 11.5. The summed E-state index contributed by atoms with van der Waals surface area (Å²) in [6.45, 7) is 3.76. The zero-order valence-corrected chi connectivity index (χ0v) is 14.1. The van der Waals surface area contributed by atoms with Crippen molar-refractivity contribution >= 4 is 5.91 Å². The second kappa shape index (κ2) is 9.48. The lowest BCUT2D eigenvalue weighted by molar-refractivity contribution is -0.127. The maximum Gasteiger partial charge on any atom is 0.255 e. The maximum atomic E-state index is 11.5. The molecule has 4 N–H and O–H groups in total. The van der Waals surface area contributed by atoms with Crippen molar-refractivity contribution in [1.82, 2.24) is 0 Å². The van der Waals surface area contributed by atoms with Gasteiger partial charge in [0.05, 0.1) is 12.2 Å².